The molecule has 3 rings (SSSR count). The van der Waals surface area contributed by atoms with Gasteiger partial charge in [-0.25, -0.2) is 4.79 Å². The van der Waals surface area contributed by atoms with Crippen LogP contribution in [0.15, 0.2) is 59.5 Å². The van der Waals surface area contributed by atoms with E-state index in [-0.39, 0.29) is 11.3 Å². The Bertz CT molecular complexity index is 1280. The van der Waals surface area contributed by atoms with Gasteiger partial charge in [-0.05, 0) is 29.0 Å². The van der Waals surface area contributed by atoms with Gasteiger partial charge in [-0.3, -0.25) is 19.5 Å². The lowest BCUT2D eigenvalue weighted by atomic mass is 10.0. The first kappa shape index (κ1) is 19.9. The average molecular weight is 416 g/mol. The largest absolute Gasteiger partial charge is 0.478 e. The Balaban J connectivity index is 2.10. The summed E-state index contributed by atoms with van der Waals surface area (Å²) in [6.07, 6.45) is 0. The third kappa shape index (κ3) is 4.05. The van der Waals surface area contributed by atoms with E-state index in [2.05, 4.69) is 5.32 Å². The summed E-state index contributed by atoms with van der Waals surface area (Å²) in [6.45, 7) is 0. The number of nitro groups is 1. The first-order chi connectivity index (χ1) is 13.6. The summed E-state index contributed by atoms with van der Waals surface area (Å²) in [5, 5.41) is 23.8. The molecule has 0 aromatic heterocycles. The molecule has 0 radical (unpaired) electrons. The molecule has 0 unspecified atom stereocenters. The van der Waals surface area contributed by atoms with Gasteiger partial charge in [-0.15, -0.1) is 0 Å². The number of carboxylic acid groups (broad SMARTS) is 1. The van der Waals surface area contributed by atoms with E-state index in [0.717, 1.165) is 12.1 Å². The van der Waals surface area contributed by atoms with E-state index in [0.29, 0.717) is 16.8 Å². The van der Waals surface area contributed by atoms with Crippen LogP contribution in [0.25, 0.3) is 10.8 Å². The number of hydrogen-bond acceptors (Lipinski definition) is 6. The monoisotopic (exact) mass is 416 g/mol. The summed E-state index contributed by atoms with van der Waals surface area (Å²) in [7, 11) is -4.97. The van der Waals surface area contributed by atoms with Crippen LogP contribution in [0.1, 0.15) is 20.7 Å². The SMILES string of the molecule is O=C(O)c1cc2ccccc2cc1NC(=O)c1ccc([N+](=O)[O-])cc1S(=O)(=O)O. The smallest absolute Gasteiger partial charge is 0.337 e. The maximum atomic E-state index is 12.6. The topological polar surface area (TPSA) is 164 Å². The van der Waals surface area contributed by atoms with Gasteiger partial charge in [-0.1, -0.05) is 24.3 Å². The fourth-order valence-corrected chi connectivity index (χ4v) is 3.44. The van der Waals surface area contributed by atoms with E-state index in [1.165, 1.54) is 12.1 Å². The molecule has 11 heteroatoms. The fraction of sp³-hybridized carbons (Fsp3) is 0. The van der Waals surface area contributed by atoms with Gasteiger partial charge < -0.3 is 10.4 Å². The van der Waals surface area contributed by atoms with Gasteiger partial charge in [0.1, 0.15) is 4.90 Å². The number of carbonyl (C=O) groups excluding carboxylic acids is 1. The molecule has 29 heavy (non-hydrogen) atoms. The second kappa shape index (κ2) is 7.30. The van der Waals surface area contributed by atoms with Gasteiger partial charge in [0.25, 0.3) is 21.7 Å². The summed E-state index contributed by atoms with van der Waals surface area (Å²) in [5.74, 6) is -2.39. The molecule has 0 aliphatic rings. The molecule has 0 saturated heterocycles. The van der Waals surface area contributed by atoms with E-state index < -0.39 is 43.1 Å². The van der Waals surface area contributed by atoms with Gasteiger partial charge in [0.05, 0.1) is 21.7 Å². The van der Waals surface area contributed by atoms with Crippen LogP contribution < -0.4 is 5.32 Å². The lowest BCUT2D eigenvalue weighted by Crippen LogP contribution is -2.18. The van der Waals surface area contributed by atoms with Crippen molar-refractivity contribution in [3.8, 4) is 0 Å². The second-order valence-corrected chi connectivity index (χ2v) is 7.31. The minimum absolute atomic E-state index is 0.110. The molecule has 0 spiro atoms. The summed E-state index contributed by atoms with van der Waals surface area (Å²) >= 11 is 0. The zero-order valence-corrected chi connectivity index (χ0v) is 15.2. The van der Waals surface area contributed by atoms with Crippen molar-refractivity contribution < 1.29 is 32.6 Å². The van der Waals surface area contributed by atoms with Crippen molar-refractivity contribution in [2.45, 2.75) is 4.90 Å². The van der Waals surface area contributed by atoms with Gasteiger partial charge >= 0.3 is 5.97 Å². The number of carbonyl (C=O) groups is 2. The van der Waals surface area contributed by atoms with E-state index in [1.807, 2.05) is 0 Å². The molecule has 3 aromatic rings. The third-order valence-electron chi connectivity index (χ3n) is 4.06. The molecular weight excluding hydrogens is 404 g/mol. The summed E-state index contributed by atoms with van der Waals surface area (Å²) < 4.78 is 32.5. The van der Waals surface area contributed by atoms with E-state index in [4.69, 9.17) is 0 Å². The van der Waals surface area contributed by atoms with Crippen LogP contribution in [0.4, 0.5) is 11.4 Å². The van der Waals surface area contributed by atoms with Gasteiger partial charge in [0.15, 0.2) is 0 Å². The summed E-state index contributed by atoms with van der Waals surface area (Å²) in [6, 6.07) is 11.8. The van der Waals surface area contributed by atoms with Crippen LogP contribution in [0.5, 0.6) is 0 Å². The Morgan fingerprint density at radius 2 is 1.59 bits per heavy atom. The second-order valence-electron chi connectivity index (χ2n) is 5.92. The molecule has 10 nitrogen and oxygen atoms in total. The minimum atomic E-state index is -4.97. The highest BCUT2D eigenvalue weighted by molar-refractivity contribution is 7.86. The number of anilines is 1. The molecule has 3 N–H and O–H groups in total. The summed E-state index contributed by atoms with van der Waals surface area (Å²) in [4.78, 5) is 33.2. The Labute approximate surface area is 163 Å². The molecule has 0 aliphatic heterocycles. The van der Waals surface area contributed by atoms with Crippen LogP contribution in [0.2, 0.25) is 0 Å². The number of rotatable bonds is 5. The normalized spacial score (nSPS) is 11.2. The Hall–Kier alpha value is -3.83. The number of nitrogens with one attached hydrogen (secondary N) is 1. The maximum absolute atomic E-state index is 12.6. The molecule has 148 valence electrons. The van der Waals surface area contributed by atoms with Crippen LogP contribution in [-0.4, -0.2) is 34.9 Å². The highest BCUT2D eigenvalue weighted by atomic mass is 32.2. The van der Waals surface area contributed by atoms with Gasteiger partial charge in [0, 0.05) is 12.1 Å². The van der Waals surface area contributed by atoms with E-state index in [1.54, 1.807) is 24.3 Å². The van der Waals surface area contributed by atoms with Crippen molar-refractivity contribution in [3.63, 3.8) is 0 Å². The Morgan fingerprint density at radius 1 is 0.966 bits per heavy atom. The number of carboxylic acids is 1. The predicted octanol–water partition coefficient (Wildman–Crippen LogP) is 2.95. The number of nitro benzene ring substituents is 1. The number of fused-ring (bicyclic) bond motifs is 1. The van der Waals surface area contributed by atoms with Crippen LogP contribution in [0, 0.1) is 10.1 Å². The number of amides is 1. The molecule has 0 saturated carbocycles. The van der Waals surface area contributed by atoms with Crippen molar-refractivity contribution >= 4 is 44.1 Å². The van der Waals surface area contributed by atoms with Crippen molar-refractivity contribution in [2.75, 3.05) is 5.32 Å². The van der Waals surface area contributed by atoms with Crippen LogP contribution in [-0.2, 0) is 10.1 Å². The highest BCUT2D eigenvalue weighted by Crippen LogP contribution is 2.27. The Morgan fingerprint density at radius 3 is 2.14 bits per heavy atom. The first-order valence-electron chi connectivity index (χ1n) is 7.91. The van der Waals surface area contributed by atoms with E-state index >= 15 is 0 Å². The molecule has 0 aliphatic carbocycles. The maximum Gasteiger partial charge on any atom is 0.337 e. The quantitative estimate of drug-likeness (QED) is 0.324. The van der Waals surface area contributed by atoms with Crippen molar-refractivity contribution in [1.82, 2.24) is 0 Å². The van der Waals surface area contributed by atoms with E-state index in [9.17, 15) is 37.8 Å². The predicted molar refractivity (Wildman–Crippen MR) is 102 cm³/mol. The van der Waals surface area contributed by atoms with Crippen molar-refractivity contribution in [1.29, 1.82) is 0 Å². The van der Waals surface area contributed by atoms with Crippen LogP contribution in [0.3, 0.4) is 0 Å². The standard InChI is InChI=1S/C18H12N2O8S/c21-17(13-6-5-12(20(24)25)9-16(13)29(26,27)28)19-15-8-11-4-2-1-3-10(11)7-14(15)18(22)23/h1-9H,(H,19,21)(H,22,23)(H,26,27,28). The molecule has 0 heterocycles. The lowest BCUT2D eigenvalue weighted by Gasteiger charge is -2.12. The molecule has 1 amide bonds. The zero-order chi connectivity index (χ0) is 21.3. The van der Waals surface area contributed by atoms with Gasteiger partial charge in [0.2, 0.25) is 0 Å². The highest BCUT2D eigenvalue weighted by Gasteiger charge is 2.25. The zero-order valence-electron chi connectivity index (χ0n) is 14.4. The first-order valence-corrected chi connectivity index (χ1v) is 9.35. The molecule has 3 aromatic carbocycles. The third-order valence-corrected chi connectivity index (χ3v) is 4.96. The van der Waals surface area contributed by atoms with Gasteiger partial charge in [-0.2, -0.15) is 8.42 Å². The Kier molecular flexibility index (Phi) is 5.01. The fourth-order valence-electron chi connectivity index (χ4n) is 2.74. The van der Waals surface area contributed by atoms with Crippen LogP contribution >= 0.6 is 0 Å². The number of non-ortho nitro benzene ring substituents is 1. The number of aromatic carboxylic acids is 1. The average Bonchev–Trinajstić information content (AvgIpc) is 2.66. The number of benzene rings is 3. The minimum Gasteiger partial charge on any atom is -0.478 e. The molecule has 0 fully saturated rings. The number of hydrogen-bond donors (Lipinski definition) is 3. The molecule has 0 bridgehead atoms. The summed E-state index contributed by atoms with van der Waals surface area (Å²) in [5.41, 5.74) is -1.58. The lowest BCUT2D eigenvalue weighted by molar-refractivity contribution is -0.385. The van der Waals surface area contributed by atoms with Crippen molar-refractivity contribution in [3.05, 3.63) is 75.8 Å². The number of nitrogens with zero attached hydrogens (tertiary/aromatic N) is 1. The van der Waals surface area contributed by atoms with Crippen molar-refractivity contribution in [2.24, 2.45) is 0 Å². The molecular formula is C18H12N2O8S. The molecule has 0 atom stereocenters.